The molecule has 1 amide bonds. The molecule has 0 bridgehead atoms. The molecule has 4 heteroatoms. The van der Waals surface area contributed by atoms with Gasteiger partial charge in [-0.15, -0.1) is 0 Å². The van der Waals surface area contributed by atoms with Crippen molar-refractivity contribution in [3.63, 3.8) is 0 Å². The maximum atomic E-state index is 11.0. The predicted octanol–water partition coefficient (Wildman–Crippen LogP) is 0.449. The van der Waals surface area contributed by atoms with Crippen molar-refractivity contribution in [2.75, 3.05) is 0 Å². The summed E-state index contributed by atoms with van der Waals surface area (Å²) in [5, 5.41) is 2.49. The van der Waals surface area contributed by atoms with Crippen molar-refractivity contribution >= 4 is 17.5 Å². The van der Waals surface area contributed by atoms with Crippen LogP contribution < -0.4 is 5.32 Å². The van der Waals surface area contributed by atoms with Crippen LogP contribution in [0.5, 0.6) is 0 Å². The Morgan fingerprint density at radius 2 is 1.77 bits per heavy atom. The highest BCUT2D eigenvalue weighted by Gasteiger charge is 2.17. The monoisotopic (exact) mass is 185 g/mol. The second-order valence-corrected chi connectivity index (χ2v) is 2.99. The van der Waals surface area contributed by atoms with Crippen molar-refractivity contribution in [3.05, 3.63) is 0 Å². The van der Waals surface area contributed by atoms with Gasteiger partial charge in [0.2, 0.25) is 5.91 Å². The Morgan fingerprint density at radius 1 is 1.23 bits per heavy atom. The van der Waals surface area contributed by atoms with Crippen LogP contribution in [0.4, 0.5) is 0 Å². The second-order valence-electron chi connectivity index (χ2n) is 2.99. The summed E-state index contributed by atoms with van der Waals surface area (Å²) < 4.78 is 0. The zero-order chi connectivity index (χ0) is 10.4. The van der Waals surface area contributed by atoms with Gasteiger partial charge in [-0.1, -0.05) is 6.92 Å². The summed E-state index contributed by atoms with van der Waals surface area (Å²) in [4.78, 5) is 32.6. The number of carbonyl (C=O) groups is 3. The summed E-state index contributed by atoms with van der Waals surface area (Å²) in [6.45, 7) is 4.46. The smallest absolute Gasteiger partial charge is 0.220 e. The van der Waals surface area contributed by atoms with E-state index in [9.17, 15) is 14.4 Å². The molecule has 0 aliphatic rings. The van der Waals surface area contributed by atoms with Gasteiger partial charge in [-0.05, 0) is 13.8 Å². The summed E-state index contributed by atoms with van der Waals surface area (Å²) >= 11 is 0. The minimum atomic E-state index is -0.648. The van der Waals surface area contributed by atoms with E-state index in [1.807, 2.05) is 0 Å². The molecule has 0 aromatic heterocycles. The van der Waals surface area contributed by atoms with E-state index < -0.39 is 6.04 Å². The number of nitrogens with one attached hydrogen (secondary N) is 1. The second kappa shape index (κ2) is 5.45. The minimum absolute atomic E-state index is 0.0844. The molecule has 0 fully saturated rings. The molecule has 0 saturated carbocycles. The number of rotatable bonds is 5. The molecule has 1 atom stereocenters. The highest BCUT2D eigenvalue weighted by molar-refractivity contribution is 5.91. The van der Waals surface area contributed by atoms with Gasteiger partial charge in [0.25, 0.3) is 0 Å². The summed E-state index contributed by atoms with van der Waals surface area (Å²) in [6, 6.07) is -0.648. The van der Waals surface area contributed by atoms with Gasteiger partial charge in [0.05, 0.1) is 6.04 Å². The normalized spacial score (nSPS) is 11.9. The maximum Gasteiger partial charge on any atom is 0.220 e. The summed E-state index contributed by atoms with van der Waals surface area (Å²) in [5.41, 5.74) is 0. The van der Waals surface area contributed by atoms with E-state index in [0.29, 0.717) is 6.42 Å². The van der Waals surface area contributed by atoms with Gasteiger partial charge in [0.15, 0.2) is 5.78 Å². The SMILES string of the molecule is CCC(=O)NC(CC(C)=O)C(C)=O. The lowest BCUT2D eigenvalue weighted by atomic mass is 10.1. The lowest BCUT2D eigenvalue weighted by Crippen LogP contribution is -2.40. The molecule has 1 N–H and O–H groups in total. The molecule has 0 rings (SSSR count). The molecule has 0 aromatic rings. The molecule has 0 spiro atoms. The highest BCUT2D eigenvalue weighted by Crippen LogP contribution is 1.95. The molecule has 1 unspecified atom stereocenters. The van der Waals surface area contributed by atoms with Gasteiger partial charge >= 0.3 is 0 Å². The van der Waals surface area contributed by atoms with E-state index in [1.54, 1.807) is 6.92 Å². The lowest BCUT2D eigenvalue weighted by Gasteiger charge is -2.13. The van der Waals surface area contributed by atoms with Gasteiger partial charge in [-0.3, -0.25) is 14.4 Å². The Bertz CT molecular complexity index is 223. The molecule has 0 saturated heterocycles. The van der Waals surface area contributed by atoms with Gasteiger partial charge in [-0.25, -0.2) is 0 Å². The van der Waals surface area contributed by atoms with Crippen LogP contribution in [0.1, 0.15) is 33.6 Å². The number of hydrogen-bond acceptors (Lipinski definition) is 3. The molecular weight excluding hydrogens is 170 g/mol. The van der Waals surface area contributed by atoms with Crippen LogP contribution in [0.25, 0.3) is 0 Å². The topological polar surface area (TPSA) is 63.2 Å². The maximum absolute atomic E-state index is 11.0. The van der Waals surface area contributed by atoms with Gasteiger partial charge in [-0.2, -0.15) is 0 Å². The zero-order valence-corrected chi connectivity index (χ0v) is 8.22. The Balaban J connectivity index is 4.18. The molecule has 0 aliphatic carbocycles. The molecule has 4 nitrogen and oxygen atoms in total. The molecule has 74 valence electrons. The molecule has 0 radical (unpaired) electrons. The Kier molecular flexibility index (Phi) is 4.96. The third kappa shape index (κ3) is 5.11. The summed E-state index contributed by atoms with van der Waals surface area (Å²) in [7, 11) is 0. The minimum Gasteiger partial charge on any atom is -0.346 e. The van der Waals surface area contributed by atoms with Crippen molar-refractivity contribution in [2.24, 2.45) is 0 Å². The standard InChI is InChI=1S/C9H15NO3/c1-4-9(13)10-8(7(3)12)5-6(2)11/h8H,4-5H2,1-3H3,(H,10,13). The van der Waals surface area contributed by atoms with Crippen molar-refractivity contribution in [1.29, 1.82) is 0 Å². The number of carbonyl (C=O) groups excluding carboxylic acids is 3. The van der Waals surface area contributed by atoms with Crippen LogP contribution in [0, 0.1) is 0 Å². The Hall–Kier alpha value is -1.19. The van der Waals surface area contributed by atoms with Crippen LogP contribution in [0.15, 0.2) is 0 Å². The average molecular weight is 185 g/mol. The number of ketones is 2. The van der Waals surface area contributed by atoms with Crippen molar-refractivity contribution in [2.45, 2.75) is 39.7 Å². The fourth-order valence-corrected chi connectivity index (χ4v) is 0.880. The van der Waals surface area contributed by atoms with Crippen molar-refractivity contribution in [3.8, 4) is 0 Å². The van der Waals surface area contributed by atoms with Crippen LogP contribution in [-0.4, -0.2) is 23.5 Å². The third-order valence-electron chi connectivity index (χ3n) is 1.64. The Labute approximate surface area is 77.7 Å². The first-order chi connectivity index (χ1) is 5.97. The summed E-state index contributed by atoms with van der Waals surface area (Å²) in [5.74, 6) is -0.491. The van der Waals surface area contributed by atoms with Crippen LogP contribution in [0.3, 0.4) is 0 Å². The molecule has 0 heterocycles. The largest absolute Gasteiger partial charge is 0.346 e. The highest BCUT2D eigenvalue weighted by atomic mass is 16.2. The van der Waals surface area contributed by atoms with E-state index in [-0.39, 0.29) is 23.9 Å². The molecular formula is C9H15NO3. The average Bonchev–Trinajstić information content (AvgIpc) is 2.02. The fraction of sp³-hybridized carbons (Fsp3) is 0.667. The molecule has 13 heavy (non-hydrogen) atoms. The van der Waals surface area contributed by atoms with E-state index in [4.69, 9.17) is 0 Å². The first kappa shape index (κ1) is 11.8. The van der Waals surface area contributed by atoms with Crippen LogP contribution >= 0.6 is 0 Å². The van der Waals surface area contributed by atoms with E-state index in [2.05, 4.69) is 5.32 Å². The van der Waals surface area contributed by atoms with Gasteiger partial charge in [0, 0.05) is 12.8 Å². The number of Topliss-reactive ketones (excluding diaryl/α,β-unsaturated/α-hetero) is 2. The summed E-state index contributed by atoms with van der Waals surface area (Å²) in [6.07, 6.45) is 0.406. The van der Waals surface area contributed by atoms with Crippen LogP contribution in [0.2, 0.25) is 0 Å². The third-order valence-corrected chi connectivity index (χ3v) is 1.64. The van der Waals surface area contributed by atoms with Gasteiger partial charge in [0.1, 0.15) is 5.78 Å². The number of amides is 1. The van der Waals surface area contributed by atoms with Gasteiger partial charge < -0.3 is 5.32 Å². The van der Waals surface area contributed by atoms with Crippen LogP contribution in [-0.2, 0) is 14.4 Å². The van der Waals surface area contributed by atoms with E-state index >= 15 is 0 Å². The fourth-order valence-electron chi connectivity index (χ4n) is 0.880. The van der Waals surface area contributed by atoms with E-state index in [1.165, 1.54) is 13.8 Å². The predicted molar refractivity (Wildman–Crippen MR) is 48.2 cm³/mol. The Morgan fingerprint density at radius 3 is 2.08 bits per heavy atom. The van der Waals surface area contributed by atoms with Crippen molar-refractivity contribution < 1.29 is 14.4 Å². The quantitative estimate of drug-likeness (QED) is 0.676. The van der Waals surface area contributed by atoms with E-state index in [0.717, 1.165) is 0 Å². The number of hydrogen-bond donors (Lipinski definition) is 1. The first-order valence-corrected chi connectivity index (χ1v) is 4.26. The lowest BCUT2D eigenvalue weighted by molar-refractivity contribution is -0.128. The zero-order valence-electron chi connectivity index (χ0n) is 8.22. The van der Waals surface area contributed by atoms with Crippen molar-refractivity contribution in [1.82, 2.24) is 5.32 Å². The first-order valence-electron chi connectivity index (χ1n) is 4.26. The molecule has 0 aromatic carbocycles. The molecule has 0 aliphatic heterocycles.